The van der Waals surface area contributed by atoms with Crippen LogP contribution in [0.15, 0.2) is 41.3 Å². The molecule has 1 saturated heterocycles. The summed E-state index contributed by atoms with van der Waals surface area (Å²) in [7, 11) is -3.32. The largest absolute Gasteiger partial charge is 0.345 e. The van der Waals surface area contributed by atoms with Gasteiger partial charge in [0, 0.05) is 32.4 Å². The molecule has 0 unspecified atom stereocenters. The molecule has 29 heavy (non-hydrogen) atoms. The van der Waals surface area contributed by atoms with Gasteiger partial charge in [-0.25, -0.2) is 22.8 Å². The van der Waals surface area contributed by atoms with Crippen LogP contribution >= 0.6 is 22.7 Å². The second kappa shape index (κ2) is 6.89. The number of thiazole rings is 2. The number of benzene rings is 2. The Kier molecular flexibility index (Phi) is 4.45. The van der Waals surface area contributed by atoms with Gasteiger partial charge in [0.1, 0.15) is 11.3 Å². The molecule has 3 heterocycles. The Balaban J connectivity index is 1.37. The third-order valence-corrected chi connectivity index (χ3v) is 8.22. The number of nitrogens with zero attached hydrogens (tertiary/aromatic N) is 4. The van der Waals surface area contributed by atoms with Crippen molar-refractivity contribution in [2.45, 2.75) is 4.90 Å². The lowest BCUT2D eigenvalue weighted by Crippen LogP contribution is -2.46. The Morgan fingerprint density at radius 2 is 1.59 bits per heavy atom. The molecule has 6 nitrogen and oxygen atoms in total. The smallest absolute Gasteiger partial charge is 0.186 e. The minimum atomic E-state index is -3.32. The standard InChI is InChI=1S/C19H17FN4O2S3/c1-29(25,26)16-4-2-3-14-17(16)22-19(27-14)24-9-7-23(8-10-24)18-21-13-6-5-12(20)11-15(13)28-18/h2-6,11H,7-10H2,1H3. The van der Waals surface area contributed by atoms with Gasteiger partial charge in [-0.15, -0.1) is 0 Å². The van der Waals surface area contributed by atoms with E-state index in [4.69, 9.17) is 0 Å². The molecule has 1 fully saturated rings. The zero-order valence-electron chi connectivity index (χ0n) is 15.5. The molecule has 0 atom stereocenters. The highest BCUT2D eigenvalue weighted by Gasteiger charge is 2.23. The summed E-state index contributed by atoms with van der Waals surface area (Å²) >= 11 is 3.01. The van der Waals surface area contributed by atoms with E-state index in [1.54, 1.807) is 18.2 Å². The van der Waals surface area contributed by atoms with E-state index in [0.29, 0.717) is 5.52 Å². The van der Waals surface area contributed by atoms with E-state index in [1.165, 1.54) is 41.1 Å². The van der Waals surface area contributed by atoms with Crippen molar-refractivity contribution in [2.75, 3.05) is 42.2 Å². The molecular weight excluding hydrogens is 431 g/mol. The van der Waals surface area contributed by atoms with Crippen LogP contribution in [0.1, 0.15) is 0 Å². The van der Waals surface area contributed by atoms with Crippen LogP contribution in [-0.4, -0.2) is 50.8 Å². The molecule has 0 N–H and O–H groups in total. The number of piperazine rings is 1. The molecule has 150 valence electrons. The Hall–Kier alpha value is -2.30. The summed E-state index contributed by atoms with van der Waals surface area (Å²) in [5.74, 6) is -0.248. The average molecular weight is 449 g/mol. The number of aromatic nitrogens is 2. The minimum Gasteiger partial charge on any atom is -0.345 e. The van der Waals surface area contributed by atoms with Crippen molar-refractivity contribution >= 4 is 63.2 Å². The molecule has 0 aliphatic carbocycles. The van der Waals surface area contributed by atoms with Crippen LogP contribution in [0.3, 0.4) is 0 Å². The Morgan fingerprint density at radius 1 is 0.931 bits per heavy atom. The van der Waals surface area contributed by atoms with Crippen LogP contribution in [0.5, 0.6) is 0 Å². The fourth-order valence-corrected chi connectivity index (χ4v) is 6.44. The van der Waals surface area contributed by atoms with Crippen molar-refractivity contribution in [2.24, 2.45) is 0 Å². The lowest BCUT2D eigenvalue weighted by molar-refractivity contribution is 0.602. The number of fused-ring (bicyclic) bond motifs is 2. The maximum atomic E-state index is 13.4. The monoisotopic (exact) mass is 448 g/mol. The SMILES string of the molecule is CS(=O)(=O)c1cccc2sc(N3CCN(c4nc5ccc(F)cc5s4)CC3)nc12. The Bertz CT molecular complexity index is 1320. The summed E-state index contributed by atoms with van der Waals surface area (Å²) in [5.41, 5.74) is 1.36. The summed E-state index contributed by atoms with van der Waals surface area (Å²) < 4.78 is 39.2. The van der Waals surface area contributed by atoms with Gasteiger partial charge in [-0.2, -0.15) is 0 Å². The van der Waals surface area contributed by atoms with E-state index < -0.39 is 9.84 Å². The molecule has 0 saturated carbocycles. The van der Waals surface area contributed by atoms with Gasteiger partial charge < -0.3 is 9.80 Å². The van der Waals surface area contributed by atoms with Crippen molar-refractivity contribution in [3.8, 4) is 0 Å². The van der Waals surface area contributed by atoms with E-state index in [1.807, 2.05) is 6.07 Å². The molecule has 1 aliphatic rings. The summed E-state index contributed by atoms with van der Waals surface area (Å²) in [6.07, 6.45) is 1.21. The first-order valence-electron chi connectivity index (χ1n) is 9.04. The lowest BCUT2D eigenvalue weighted by atomic mass is 10.3. The first-order chi connectivity index (χ1) is 13.9. The number of hydrogen-bond acceptors (Lipinski definition) is 8. The highest BCUT2D eigenvalue weighted by molar-refractivity contribution is 7.91. The second-order valence-electron chi connectivity index (χ2n) is 6.95. The van der Waals surface area contributed by atoms with Gasteiger partial charge in [-0.05, 0) is 30.3 Å². The van der Waals surface area contributed by atoms with E-state index in [0.717, 1.165) is 51.4 Å². The molecule has 5 rings (SSSR count). The Morgan fingerprint density at radius 3 is 2.28 bits per heavy atom. The van der Waals surface area contributed by atoms with Gasteiger partial charge in [-0.1, -0.05) is 28.7 Å². The molecule has 0 bridgehead atoms. The predicted molar refractivity (Wildman–Crippen MR) is 117 cm³/mol. The number of halogens is 1. The number of para-hydroxylation sites is 1. The molecule has 2 aromatic heterocycles. The van der Waals surface area contributed by atoms with Crippen LogP contribution < -0.4 is 9.80 Å². The van der Waals surface area contributed by atoms with Crippen LogP contribution in [0.25, 0.3) is 20.4 Å². The minimum absolute atomic E-state index is 0.248. The normalized spacial score (nSPS) is 15.5. The molecule has 0 spiro atoms. The maximum absolute atomic E-state index is 13.4. The second-order valence-corrected chi connectivity index (χ2v) is 11.0. The van der Waals surface area contributed by atoms with Crippen molar-refractivity contribution in [3.63, 3.8) is 0 Å². The molecule has 10 heteroatoms. The molecular formula is C19H17FN4O2S3. The molecule has 4 aromatic rings. The summed E-state index contributed by atoms with van der Waals surface area (Å²) in [4.78, 5) is 13.9. The van der Waals surface area contributed by atoms with Gasteiger partial charge in [0.15, 0.2) is 20.1 Å². The Labute approximate surface area is 175 Å². The van der Waals surface area contributed by atoms with Crippen LogP contribution in [-0.2, 0) is 9.84 Å². The van der Waals surface area contributed by atoms with E-state index in [9.17, 15) is 12.8 Å². The predicted octanol–water partition coefficient (Wildman–Crippen LogP) is 3.78. The summed E-state index contributed by atoms with van der Waals surface area (Å²) in [6.45, 7) is 3.07. The lowest BCUT2D eigenvalue weighted by Gasteiger charge is -2.34. The highest BCUT2D eigenvalue weighted by atomic mass is 32.2. The van der Waals surface area contributed by atoms with Crippen LogP contribution in [0, 0.1) is 5.82 Å². The van der Waals surface area contributed by atoms with Gasteiger partial charge >= 0.3 is 0 Å². The van der Waals surface area contributed by atoms with Crippen LogP contribution in [0.2, 0.25) is 0 Å². The number of anilines is 2. The third-order valence-electron chi connectivity index (χ3n) is 4.93. The molecule has 0 amide bonds. The average Bonchev–Trinajstić information content (AvgIpc) is 3.30. The topological polar surface area (TPSA) is 66.4 Å². The van der Waals surface area contributed by atoms with E-state index in [-0.39, 0.29) is 10.7 Å². The summed E-state index contributed by atoms with van der Waals surface area (Å²) in [5, 5.41) is 1.73. The zero-order chi connectivity index (χ0) is 20.2. The van der Waals surface area contributed by atoms with E-state index >= 15 is 0 Å². The van der Waals surface area contributed by atoms with Crippen molar-refractivity contribution in [1.82, 2.24) is 9.97 Å². The molecule has 1 aliphatic heterocycles. The van der Waals surface area contributed by atoms with Gasteiger partial charge in [-0.3, -0.25) is 0 Å². The zero-order valence-corrected chi connectivity index (χ0v) is 18.0. The number of hydrogen-bond donors (Lipinski definition) is 0. The van der Waals surface area contributed by atoms with Crippen molar-refractivity contribution in [3.05, 3.63) is 42.2 Å². The van der Waals surface area contributed by atoms with Gasteiger partial charge in [0.05, 0.1) is 19.8 Å². The van der Waals surface area contributed by atoms with Crippen molar-refractivity contribution in [1.29, 1.82) is 0 Å². The summed E-state index contributed by atoms with van der Waals surface area (Å²) in [6, 6.07) is 9.93. The highest BCUT2D eigenvalue weighted by Crippen LogP contribution is 2.34. The fraction of sp³-hybridized carbons (Fsp3) is 0.263. The number of rotatable bonds is 3. The maximum Gasteiger partial charge on any atom is 0.186 e. The number of sulfone groups is 1. The van der Waals surface area contributed by atoms with Crippen LogP contribution in [0.4, 0.5) is 14.7 Å². The van der Waals surface area contributed by atoms with Gasteiger partial charge in [0.25, 0.3) is 0 Å². The third kappa shape index (κ3) is 3.45. The van der Waals surface area contributed by atoms with Crippen molar-refractivity contribution < 1.29 is 12.8 Å². The first-order valence-corrected chi connectivity index (χ1v) is 12.6. The fourth-order valence-electron chi connectivity index (χ4n) is 3.46. The molecule has 2 aromatic carbocycles. The van der Waals surface area contributed by atoms with Gasteiger partial charge in [0.2, 0.25) is 0 Å². The van der Waals surface area contributed by atoms with E-state index in [2.05, 4.69) is 19.8 Å². The molecule has 0 radical (unpaired) electrons. The quantitative estimate of drug-likeness (QED) is 0.475. The first kappa shape index (κ1) is 18.7.